The molecule has 3 nitrogen and oxygen atoms in total. The average molecular weight is 314 g/mol. The Morgan fingerprint density at radius 1 is 1.05 bits per heavy atom. The van der Waals surface area contributed by atoms with Crippen LogP contribution >= 0.6 is 11.6 Å². The van der Waals surface area contributed by atoms with E-state index in [1.807, 2.05) is 35.0 Å². The number of rotatable bonds is 1. The van der Waals surface area contributed by atoms with Crippen LogP contribution in [0.25, 0.3) is 16.8 Å². The highest BCUT2D eigenvalue weighted by Gasteiger charge is 2.24. The summed E-state index contributed by atoms with van der Waals surface area (Å²) >= 11 is 5.99. The largest absolute Gasteiger partial charge is 0.233 e. The highest BCUT2D eigenvalue weighted by molar-refractivity contribution is 6.30. The monoisotopic (exact) mass is 313 g/mol. The Morgan fingerprint density at radius 2 is 1.68 bits per heavy atom. The Morgan fingerprint density at radius 3 is 2.27 bits per heavy atom. The fourth-order valence-corrected chi connectivity index (χ4v) is 3.03. The molecule has 0 radical (unpaired) electrons. The van der Waals surface area contributed by atoms with Crippen molar-refractivity contribution in [2.24, 2.45) is 0 Å². The molecule has 0 spiro atoms. The molecule has 2 heterocycles. The number of nitrogens with zero attached hydrogens (tertiary/aromatic N) is 3. The van der Waals surface area contributed by atoms with Crippen LogP contribution in [0.3, 0.4) is 0 Å². The minimum Gasteiger partial charge on any atom is -0.233 e. The van der Waals surface area contributed by atoms with Gasteiger partial charge in [0, 0.05) is 21.7 Å². The molecule has 0 bridgehead atoms. The van der Waals surface area contributed by atoms with Gasteiger partial charge in [0.15, 0.2) is 5.65 Å². The van der Waals surface area contributed by atoms with E-state index in [2.05, 4.69) is 39.7 Å². The predicted molar refractivity (Wildman–Crippen MR) is 91.6 cm³/mol. The van der Waals surface area contributed by atoms with E-state index in [9.17, 15) is 0 Å². The predicted octanol–water partition coefficient (Wildman–Crippen LogP) is 4.96. The Bertz CT molecular complexity index is 839. The van der Waals surface area contributed by atoms with Crippen LogP contribution in [0.4, 0.5) is 0 Å². The van der Waals surface area contributed by atoms with Gasteiger partial charge in [-0.25, -0.2) is 9.50 Å². The first kappa shape index (κ1) is 15.0. The van der Waals surface area contributed by atoms with Crippen LogP contribution in [0.15, 0.2) is 30.5 Å². The molecular formula is C18H20ClN3. The maximum absolute atomic E-state index is 5.99. The van der Waals surface area contributed by atoms with E-state index in [4.69, 9.17) is 16.6 Å². The van der Waals surface area contributed by atoms with Crippen molar-refractivity contribution in [2.45, 2.75) is 40.0 Å². The van der Waals surface area contributed by atoms with E-state index in [1.54, 1.807) is 0 Å². The molecule has 0 N–H and O–H groups in total. The first-order valence-corrected chi connectivity index (χ1v) is 7.78. The van der Waals surface area contributed by atoms with E-state index < -0.39 is 0 Å². The lowest BCUT2D eigenvalue weighted by Crippen LogP contribution is -2.20. The average Bonchev–Trinajstić information content (AvgIpc) is 2.82. The first-order chi connectivity index (χ1) is 10.3. The van der Waals surface area contributed by atoms with Gasteiger partial charge < -0.3 is 0 Å². The number of hydrogen-bond acceptors (Lipinski definition) is 2. The van der Waals surface area contributed by atoms with Gasteiger partial charge in [-0.2, -0.15) is 5.10 Å². The number of aromatic nitrogens is 3. The zero-order chi connectivity index (χ0) is 16.1. The maximum atomic E-state index is 5.99. The van der Waals surface area contributed by atoms with E-state index in [0.717, 1.165) is 27.5 Å². The Labute approximate surface area is 136 Å². The second-order valence-electron chi connectivity index (χ2n) is 6.72. The zero-order valence-corrected chi connectivity index (χ0v) is 14.4. The van der Waals surface area contributed by atoms with Crippen LogP contribution in [-0.2, 0) is 5.41 Å². The Balaban J connectivity index is 2.33. The molecule has 0 aliphatic heterocycles. The molecular weight excluding hydrogens is 294 g/mol. The topological polar surface area (TPSA) is 30.2 Å². The van der Waals surface area contributed by atoms with Crippen molar-refractivity contribution in [2.75, 3.05) is 0 Å². The highest BCUT2D eigenvalue weighted by Crippen LogP contribution is 2.31. The summed E-state index contributed by atoms with van der Waals surface area (Å²) in [6.07, 6.45) is 1.89. The van der Waals surface area contributed by atoms with Crippen molar-refractivity contribution < 1.29 is 0 Å². The summed E-state index contributed by atoms with van der Waals surface area (Å²) in [4.78, 5) is 4.78. The van der Waals surface area contributed by atoms with E-state index >= 15 is 0 Å². The van der Waals surface area contributed by atoms with Crippen LogP contribution in [0.5, 0.6) is 0 Å². The summed E-state index contributed by atoms with van der Waals surface area (Å²) in [7, 11) is 0. The minimum atomic E-state index is -0.000675. The van der Waals surface area contributed by atoms with Gasteiger partial charge in [-0.3, -0.25) is 0 Å². The van der Waals surface area contributed by atoms with Gasteiger partial charge in [-0.05, 0) is 37.1 Å². The highest BCUT2D eigenvalue weighted by atomic mass is 35.5. The maximum Gasteiger partial charge on any atom is 0.163 e. The Hall–Kier alpha value is -1.87. The quantitative estimate of drug-likeness (QED) is 0.635. The second kappa shape index (κ2) is 5.10. The molecule has 0 aliphatic rings. The summed E-state index contributed by atoms with van der Waals surface area (Å²) < 4.78 is 1.98. The lowest BCUT2D eigenvalue weighted by atomic mass is 9.88. The van der Waals surface area contributed by atoms with Crippen LogP contribution in [0, 0.1) is 13.8 Å². The third-order valence-electron chi connectivity index (χ3n) is 3.99. The van der Waals surface area contributed by atoms with Crippen molar-refractivity contribution in [1.29, 1.82) is 0 Å². The van der Waals surface area contributed by atoms with Gasteiger partial charge in [0.2, 0.25) is 0 Å². The van der Waals surface area contributed by atoms with Crippen LogP contribution in [0.1, 0.15) is 37.7 Å². The fourth-order valence-electron chi connectivity index (χ4n) is 2.90. The van der Waals surface area contributed by atoms with E-state index in [1.165, 1.54) is 11.3 Å². The summed E-state index contributed by atoms with van der Waals surface area (Å²) in [6.45, 7) is 10.8. The van der Waals surface area contributed by atoms with Crippen molar-refractivity contribution in [3.8, 4) is 11.1 Å². The smallest absolute Gasteiger partial charge is 0.163 e. The van der Waals surface area contributed by atoms with Crippen molar-refractivity contribution >= 4 is 17.2 Å². The summed E-state index contributed by atoms with van der Waals surface area (Å²) in [5.74, 6) is 0. The molecule has 0 saturated carbocycles. The van der Waals surface area contributed by atoms with Gasteiger partial charge >= 0.3 is 0 Å². The zero-order valence-electron chi connectivity index (χ0n) is 13.6. The standard InChI is InChI=1S/C18H20ClN3/c1-11-12(2)21-17-15(13-6-8-14(19)9-7-13)10-20-22(17)16(11)18(3,4)5/h6-10H,1-5H3. The normalized spacial score (nSPS) is 12.1. The van der Waals surface area contributed by atoms with Crippen molar-refractivity contribution in [3.63, 3.8) is 0 Å². The van der Waals surface area contributed by atoms with Gasteiger partial charge in [-0.15, -0.1) is 0 Å². The molecule has 22 heavy (non-hydrogen) atoms. The van der Waals surface area contributed by atoms with Crippen LogP contribution in [0.2, 0.25) is 5.02 Å². The molecule has 1 aromatic carbocycles. The molecule has 3 rings (SSSR count). The third-order valence-corrected chi connectivity index (χ3v) is 4.24. The van der Waals surface area contributed by atoms with Crippen LogP contribution in [-0.4, -0.2) is 14.6 Å². The summed E-state index contributed by atoms with van der Waals surface area (Å²) in [6, 6.07) is 7.80. The summed E-state index contributed by atoms with van der Waals surface area (Å²) in [5.41, 5.74) is 6.46. The van der Waals surface area contributed by atoms with E-state index in [0.29, 0.717) is 0 Å². The second-order valence-corrected chi connectivity index (χ2v) is 7.16. The SMILES string of the molecule is Cc1nc2c(-c3ccc(Cl)cc3)cnn2c(C(C)(C)C)c1C. The molecule has 0 atom stereocenters. The lowest BCUT2D eigenvalue weighted by molar-refractivity contribution is 0.540. The van der Waals surface area contributed by atoms with Gasteiger partial charge in [-0.1, -0.05) is 44.5 Å². The molecule has 0 fully saturated rings. The van der Waals surface area contributed by atoms with Gasteiger partial charge in [0.05, 0.1) is 11.9 Å². The molecule has 0 aliphatic carbocycles. The lowest BCUT2D eigenvalue weighted by Gasteiger charge is -2.23. The fraction of sp³-hybridized carbons (Fsp3) is 0.333. The van der Waals surface area contributed by atoms with Gasteiger partial charge in [0.1, 0.15) is 0 Å². The Kier molecular flexibility index (Phi) is 3.48. The van der Waals surface area contributed by atoms with Crippen molar-refractivity contribution in [1.82, 2.24) is 14.6 Å². The first-order valence-electron chi connectivity index (χ1n) is 7.40. The molecule has 3 aromatic rings. The number of halogens is 1. The molecule has 114 valence electrons. The minimum absolute atomic E-state index is 0.000675. The molecule has 0 unspecified atom stereocenters. The molecule has 2 aromatic heterocycles. The third kappa shape index (κ3) is 2.40. The van der Waals surface area contributed by atoms with Gasteiger partial charge in [0.25, 0.3) is 0 Å². The number of aryl methyl sites for hydroxylation is 1. The number of hydrogen-bond donors (Lipinski definition) is 0. The number of benzene rings is 1. The van der Waals surface area contributed by atoms with Crippen LogP contribution < -0.4 is 0 Å². The summed E-state index contributed by atoms with van der Waals surface area (Å²) in [5, 5.41) is 5.34. The van der Waals surface area contributed by atoms with E-state index in [-0.39, 0.29) is 5.41 Å². The molecule has 0 amide bonds. The molecule has 4 heteroatoms. The molecule has 0 saturated heterocycles. The number of fused-ring (bicyclic) bond motifs is 1. The van der Waals surface area contributed by atoms with Crippen molar-refractivity contribution in [3.05, 3.63) is 52.4 Å².